The van der Waals surface area contributed by atoms with Crippen molar-refractivity contribution in [2.75, 3.05) is 20.1 Å². The third-order valence-electron chi connectivity index (χ3n) is 3.49. The van der Waals surface area contributed by atoms with Crippen LogP contribution in [0.25, 0.3) is 0 Å². The van der Waals surface area contributed by atoms with Crippen molar-refractivity contribution in [2.45, 2.75) is 45.7 Å². The second kappa shape index (κ2) is 4.88. The summed E-state index contributed by atoms with van der Waals surface area (Å²) in [5, 5.41) is 0. The molecule has 0 radical (unpaired) electrons. The van der Waals surface area contributed by atoms with Crippen LogP contribution in [-0.4, -0.2) is 53.9 Å². The van der Waals surface area contributed by atoms with Crippen LogP contribution in [0.15, 0.2) is 0 Å². The molecule has 0 aliphatic carbocycles. The number of amides is 1. The van der Waals surface area contributed by atoms with Crippen molar-refractivity contribution in [3.05, 3.63) is 0 Å². The van der Waals surface area contributed by atoms with Crippen LogP contribution in [0.4, 0.5) is 8.78 Å². The van der Waals surface area contributed by atoms with Gasteiger partial charge in [-0.05, 0) is 27.7 Å². The molecule has 1 aliphatic rings. The van der Waals surface area contributed by atoms with E-state index in [0.717, 1.165) is 0 Å². The lowest BCUT2D eigenvalue weighted by atomic mass is 10.0. The number of likely N-dealkylation sites (tertiary alicyclic amines) is 1. The molecule has 100 valence electrons. The largest absolute Gasteiger partial charge is 0.343 e. The van der Waals surface area contributed by atoms with Gasteiger partial charge in [0.1, 0.15) is 5.92 Å². The van der Waals surface area contributed by atoms with E-state index in [1.807, 2.05) is 27.7 Å². The summed E-state index contributed by atoms with van der Waals surface area (Å²) in [7, 11) is 1.58. The van der Waals surface area contributed by atoms with E-state index >= 15 is 0 Å². The minimum absolute atomic E-state index is 0.0445. The van der Waals surface area contributed by atoms with Crippen molar-refractivity contribution < 1.29 is 13.6 Å². The minimum atomic E-state index is -2.91. The lowest BCUT2D eigenvalue weighted by Crippen LogP contribution is -2.44. The lowest BCUT2D eigenvalue weighted by Gasteiger charge is -2.27. The van der Waals surface area contributed by atoms with Crippen molar-refractivity contribution in [1.82, 2.24) is 9.80 Å². The van der Waals surface area contributed by atoms with Crippen LogP contribution >= 0.6 is 0 Å². The molecule has 1 heterocycles. The molecule has 1 fully saturated rings. The molecule has 3 nitrogen and oxygen atoms in total. The SMILES string of the molecule is CC(C)N1CC(C(=O)N(C)C(C)C)C(F)(F)C1. The molecule has 0 spiro atoms. The first-order valence-corrected chi connectivity index (χ1v) is 6.05. The van der Waals surface area contributed by atoms with Crippen molar-refractivity contribution in [3.63, 3.8) is 0 Å². The van der Waals surface area contributed by atoms with Crippen molar-refractivity contribution in [2.24, 2.45) is 5.92 Å². The highest BCUT2D eigenvalue weighted by molar-refractivity contribution is 5.80. The van der Waals surface area contributed by atoms with Crippen LogP contribution in [0.2, 0.25) is 0 Å². The number of nitrogens with zero attached hydrogens (tertiary/aromatic N) is 2. The standard InChI is InChI=1S/C12H22F2N2O/c1-8(2)15(5)11(17)10-6-16(9(3)4)7-12(10,13)14/h8-10H,6-7H2,1-5H3. The molecule has 0 N–H and O–H groups in total. The van der Waals surface area contributed by atoms with Crippen LogP contribution in [0.1, 0.15) is 27.7 Å². The highest BCUT2D eigenvalue weighted by atomic mass is 19.3. The summed E-state index contributed by atoms with van der Waals surface area (Å²) in [6.45, 7) is 7.23. The number of rotatable bonds is 3. The van der Waals surface area contributed by atoms with Crippen LogP contribution in [0.3, 0.4) is 0 Å². The fraction of sp³-hybridized carbons (Fsp3) is 0.917. The van der Waals surface area contributed by atoms with Gasteiger partial charge in [0, 0.05) is 25.7 Å². The molecule has 0 saturated carbocycles. The van der Waals surface area contributed by atoms with Crippen molar-refractivity contribution in [3.8, 4) is 0 Å². The van der Waals surface area contributed by atoms with Crippen LogP contribution in [0, 0.1) is 5.92 Å². The molecular formula is C12H22F2N2O. The molecule has 1 rings (SSSR count). The molecule has 1 unspecified atom stereocenters. The second-order valence-electron chi connectivity index (χ2n) is 5.38. The smallest absolute Gasteiger partial charge is 0.273 e. The van der Waals surface area contributed by atoms with Gasteiger partial charge in [0.15, 0.2) is 0 Å². The van der Waals surface area contributed by atoms with E-state index in [-0.39, 0.29) is 25.2 Å². The topological polar surface area (TPSA) is 23.6 Å². The highest BCUT2D eigenvalue weighted by Gasteiger charge is 2.53. The average Bonchev–Trinajstić information content (AvgIpc) is 2.52. The maximum atomic E-state index is 13.8. The first-order chi connectivity index (χ1) is 7.66. The summed E-state index contributed by atoms with van der Waals surface area (Å²) in [6, 6.07) is -0.00516. The lowest BCUT2D eigenvalue weighted by molar-refractivity contribution is -0.145. The van der Waals surface area contributed by atoms with Gasteiger partial charge in [0.25, 0.3) is 5.92 Å². The van der Waals surface area contributed by atoms with E-state index in [1.54, 1.807) is 11.9 Å². The van der Waals surface area contributed by atoms with E-state index in [0.29, 0.717) is 0 Å². The Kier molecular flexibility index (Phi) is 4.12. The third kappa shape index (κ3) is 2.94. The first kappa shape index (κ1) is 14.4. The summed E-state index contributed by atoms with van der Waals surface area (Å²) in [6.07, 6.45) is 0. The Balaban J connectivity index is 2.80. The quantitative estimate of drug-likeness (QED) is 0.760. The third-order valence-corrected chi connectivity index (χ3v) is 3.49. The maximum Gasteiger partial charge on any atom is 0.273 e. The van der Waals surface area contributed by atoms with E-state index in [1.165, 1.54) is 4.90 Å². The van der Waals surface area contributed by atoms with Gasteiger partial charge in [-0.3, -0.25) is 9.69 Å². The zero-order chi connectivity index (χ0) is 13.4. The number of hydrogen-bond acceptors (Lipinski definition) is 2. The summed E-state index contributed by atoms with van der Waals surface area (Å²) in [5.74, 6) is -4.56. The van der Waals surface area contributed by atoms with Crippen molar-refractivity contribution in [1.29, 1.82) is 0 Å². The molecule has 0 bridgehead atoms. The Labute approximate surface area is 102 Å². The Morgan fingerprint density at radius 3 is 2.24 bits per heavy atom. The van der Waals surface area contributed by atoms with Gasteiger partial charge < -0.3 is 4.90 Å². The van der Waals surface area contributed by atoms with E-state index in [4.69, 9.17) is 0 Å². The molecule has 1 amide bonds. The van der Waals surface area contributed by atoms with Gasteiger partial charge in [-0.15, -0.1) is 0 Å². The van der Waals surface area contributed by atoms with Crippen molar-refractivity contribution >= 4 is 5.91 Å². The molecule has 1 atom stereocenters. The van der Waals surface area contributed by atoms with E-state index < -0.39 is 17.7 Å². The summed E-state index contributed by atoms with van der Waals surface area (Å²) < 4.78 is 27.6. The van der Waals surface area contributed by atoms with E-state index in [2.05, 4.69) is 0 Å². The Hall–Kier alpha value is -0.710. The molecule has 17 heavy (non-hydrogen) atoms. The van der Waals surface area contributed by atoms with Crippen LogP contribution in [-0.2, 0) is 4.79 Å². The summed E-state index contributed by atoms with van der Waals surface area (Å²) >= 11 is 0. The zero-order valence-corrected chi connectivity index (χ0v) is 11.2. The number of hydrogen-bond donors (Lipinski definition) is 0. The summed E-state index contributed by atoms with van der Waals surface area (Å²) in [4.78, 5) is 15.1. The van der Waals surface area contributed by atoms with Crippen LogP contribution in [0.5, 0.6) is 0 Å². The fourth-order valence-corrected chi connectivity index (χ4v) is 1.97. The predicted molar refractivity (Wildman–Crippen MR) is 63.1 cm³/mol. The van der Waals surface area contributed by atoms with E-state index in [9.17, 15) is 13.6 Å². The van der Waals surface area contributed by atoms with Gasteiger partial charge >= 0.3 is 0 Å². The maximum absolute atomic E-state index is 13.8. The molecule has 0 aromatic rings. The Bertz CT molecular complexity index is 292. The second-order valence-corrected chi connectivity index (χ2v) is 5.38. The van der Waals surface area contributed by atoms with Gasteiger partial charge in [-0.2, -0.15) is 0 Å². The first-order valence-electron chi connectivity index (χ1n) is 6.05. The molecule has 0 aromatic heterocycles. The zero-order valence-electron chi connectivity index (χ0n) is 11.2. The number of alkyl halides is 2. The molecule has 5 heteroatoms. The van der Waals surface area contributed by atoms with Gasteiger partial charge in [-0.1, -0.05) is 0 Å². The average molecular weight is 248 g/mol. The fourth-order valence-electron chi connectivity index (χ4n) is 1.97. The number of carbonyl (C=O) groups is 1. The molecule has 1 saturated heterocycles. The molecular weight excluding hydrogens is 226 g/mol. The molecule has 1 aliphatic heterocycles. The van der Waals surface area contributed by atoms with Gasteiger partial charge in [0.2, 0.25) is 5.91 Å². The number of carbonyl (C=O) groups excluding carboxylic acids is 1. The molecule has 0 aromatic carbocycles. The minimum Gasteiger partial charge on any atom is -0.343 e. The Morgan fingerprint density at radius 1 is 1.35 bits per heavy atom. The van der Waals surface area contributed by atoms with Gasteiger partial charge in [-0.25, -0.2) is 8.78 Å². The monoisotopic (exact) mass is 248 g/mol. The Morgan fingerprint density at radius 2 is 1.88 bits per heavy atom. The summed E-state index contributed by atoms with van der Waals surface area (Å²) in [5.41, 5.74) is 0. The predicted octanol–water partition coefficient (Wildman–Crippen LogP) is 1.83. The number of halogens is 2. The van der Waals surface area contributed by atoms with Gasteiger partial charge in [0.05, 0.1) is 6.54 Å². The normalized spacial score (nSPS) is 24.6. The highest BCUT2D eigenvalue weighted by Crippen LogP contribution is 2.35. The van der Waals surface area contributed by atoms with Crippen LogP contribution < -0.4 is 0 Å².